The van der Waals surface area contributed by atoms with Crippen molar-refractivity contribution in [2.24, 2.45) is 0 Å². The monoisotopic (exact) mass is 369 g/mol. The third-order valence-electron chi connectivity index (χ3n) is 3.44. The number of aromatic carboxylic acids is 1. The van der Waals surface area contributed by atoms with Gasteiger partial charge in [0.1, 0.15) is 10.7 Å². The van der Waals surface area contributed by atoms with Gasteiger partial charge in [0.05, 0.1) is 19.8 Å². The fourth-order valence-electron chi connectivity index (χ4n) is 2.22. The smallest absolute Gasteiger partial charge is 0.335 e. The Morgan fingerprint density at radius 3 is 2.24 bits per heavy atom. The van der Waals surface area contributed by atoms with Crippen molar-refractivity contribution < 1.29 is 32.2 Å². The molecule has 9 heteroatoms. The number of anilines is 1. The van der Waals surface area contributed by atoms with Crippen molar-refractivity contribution in [1.29, 1.82) is 0 Å². The molecule has 2 N–H and O–H groups in total. The molecular weight excluding hydrogens is 353 g/mol. The van der Waals surface area contributed by atoms with Crippen LogP contribution in [0.2, 0.25) is 0 Å². The predicted molar refractivity (Wildman–Crippen MR) is 88.5 cm³/mol. The van der Waals surface area contributed by atoms with Gasteiger partial charge in [0, 0.05) is 17.8 Å². The summed E-state index contributed by atoms with van der Waals surface area (Å²) >= 11 is 0. The van der Waals surface area contributed by atoms with E-state index in [1.54, 1.807) is 0 Å². The van der Waals surface area contributed by atoms with Crippen LogP contribution in [0.25, 0.3) is 0 Å². The number of hydrogen-bond donors (Lipinski definition) is 2. The van der Waals surface area contributed by atoms with Gasteiger partial charge in [-0.05, 0) is 30.7 Å². The number of methoxy groups -OCH3 is 2. The molecule has 0 aliphatic carbocycles. The van der Waals surface area contributed by atoms with Gasteiger partial charge >= 0.3 is 5.97 Å². The lowest BCUT2D eigenvalue weighted by Crippen LogP contribution is -2.15. The standard InChI is InChI=1S/C16H16FNO6S/c1-9-6-10(4-5-11(9)16(19)20)18-25(21,22)15-8-14(24-3)13(23-2)7-12(15)17/h4-8,18H,1-3H3,(H,19,20). The van der Waals surface area contributed by atoms with E-state index in [-0.39, 0.29) is 22.7 Å². The normalized spacial score (nSPS) is 11.0. The summed E-state index contributed by atoms with van der Waals surface area (Å²) in [7, 11) is -1.66. The van der Waals surface area contributed by atoms with Gasteiger partial charge in [0.15, 0.2) is 11.5 Å². The molecule has 0 saturated heterocycles. The molecule has 0 amide bonds. The van der Waals surface area contributed by atoms with Gasteiger partial charge in [-0.1, -0.05) is 0 Å². The Morgan fingerprint density at radius 2 is 1.72 bits per heavy atom. The maximum Gasteiger partial charge on any atom is 0.335 e. The van der Waals surface area contributed by atoms with Gasteiger partial charge in [-0.2, -0.15) is 0 Å². The minimum Gasteiger partial charge on any atom is -0.493 e. The number of sulfonamides is 1. The molecule has 0 heterocycles. The van der Waals surface area contributed by atoms with Gasteiger partial charge in [0.2, 0.25) is 0 Å². The summed E-state index contributed by atoms with van der Waals surface area (Å²) in [6.45, 7) is 1.53. The van der Waals surface area contributed by atoms with Crippen LogP contribution in [0.5, 0.6) is 11.5 Å². The molecule has 0 spiro atoms. The molecule has 25 heavy (non-hydrogen) atoms. The summed E-state index contributed by atoms with van der Waals surface area (Å²) in [6.07, 6.45) is 0. The van der Waals surface area contributed by atoms with Crippen LogP contribution in [0.15, 0.2) is 35.2 Å². The Balaban J connectivity index is 2.43. The number of aryl methyl sites for hydroxylation is 1. The SMILES string of the molecule is COc1cc(F)c(S(=O)(=O)Nc2ccc(C(=O)O)c(C)c2)cc1OC. The highest BCUT2D eigenvalue weighted by Gasteiger charge is 2.23. The quantitative estimate of drug-likeness (QED) is 0.812. The maximum atomic E-state index is 14.2. The molecule has 0 aliphatic rings. The molecule has 2 rings (SSSR count). The van der Waals surface area contributed by atoms with Crippen LogP contribution >= 0.6 is 0 Å². The van der Waals surface area contributed by atoms with E-state index in [1.165, 1.54) is 39.3 Å². The first-order chi connectivity index (χ1) is 11.7. The minimum atomic E-state index is -4.26. The average Bonchev–Trinajstić information content (AvgIpc) is 2.53. The Kier molecular flexibility index (Phi) is 5.17. The molecule has 0 saturated carbocycles. The highest BCUT2D eigenvalue weighted by molar-refractivity contribution is 7.92. The van der Waals surface area contributed by atoms with E-state index < -0.39 is 26.7 Å². The van der Waals surface area contributed by atoms with E-state index in [4.69, 9.17) is 14.6 Å². The molecule has 2 aromatic rings. The number of carboxylic acid groups (broad SMARTS) is 1. The van der Waals surface area contributed by atoms with Crippen molar-refractivity contribution >= 4 is 21.7 Å². The number of carbonyl (C=O) groups is 1. The number of halogens is 1. The molecule has 0 aliphatic heterocycles. The molecule has 134 valence electrons. The Morgan fingerprint density at radius 1 is 1.12 bits per heavy atom. The zero-order valence-corrected chi connectivity index (χ0v) is 14.5. The van der Waals surface area contributed by atoms with Crippen molar-refractivity contribution in [3.63, 3.8) is 0 Å². The minimum absolute atomic E-state index is 0.0419. The van der Waals surface area contributed by atoms with Crippen molar-refractivity contribution in [2.45, 2.75) is 11.8 Å². The van der Waals surface area contributed by atoms with Crippen molar-refractivity contribution in [3.8, 4) is 11.5 Å². The molecule has 7 nitrogen and oxygen atoms in total. The largest absolute Gasteiger partial charge is 0.493 e. The molecule has 0 bridgehead atoms. The van der Waals surface area contributed by atoms with Gasteiger partial charge in [-0.3, -0.25) is 4.72 Å². The first kappa shape index (κ1) is 18.5. The highest BCUT2D eigenvalue weighted by Crippen LogP contribution is 2.32. The summed E-state index contributed by atoms with van der Waals surface area (Å²) in [4.78, 5) is 10.4. The number of hydrogen-bond acceptors (Lipinski definition) is 5. The van der Waals surface area contributed by atoms with Crippen LogP contribution < -0.4 is 14.2 Å². The Bertz CT molecular complexity index is 926. The Labute approximate surface area is 144 Å². The van der Waals surface area contributed by atoms with Gasteiger partial charge in [-0.25, -0.2) is 17.6 Å². The number of rotatable bonds is 6. The van der Waals surface area contributed by atoms with E-state index in [0.29, 0.717) is 5.56 Å². The number of nitrogens with one attached hydrogen (secondary N) is 1. The van der Waals surface area contributed by atoms with Crippen LogP contribution in [0.4, 0.5) is 10.1 Å². The summed E-state index contributed by atoms with van der Waals surface area (Å²) < 4.78 is 51.2. The van der Waals surface area contributed by atoms with Crippen molar-refractivity contribution in [2.75, 3.05) is 18.9 Å². The van der Waals surface area contributed by atoms with Crippen LogP contribution in [-0.2, 0) is 10.0 Å². The van der Waals surface area contributed by atoms with Crippen LogP contribution in [0.3, 0.4) is 0 Å². The first-order valence-electron chi connectivity index (χ1n) is 6.98. The third kappa shape index (κ3) is 3.82. The molecule has 0 fully saturated rings. The van der Waals surface area contributed by atoms with Crippen LogP contribution in [-0.4, -0.2) is 33.7 Å². The zero-order valence-electron chi connectivity index (χ0n) is 13.7. The summed E-state index contributed by atoms with van der Waals surface area (Å²) in [5.74, 6) is -2.02. The van der Waals surface area contributed by atoms with Gasteiger partial charge in [0.25, 0.3) is 10.0 Å². The summed E-state index contributed by atoms with van der Waals surface area (Å²) in [5, 5.41) is 9.00. The highest BCUT2D eigenvalue weighted by atomic mass is 32.2. The number of ether oxygens (including phenoxy) is 2. The first-order valence-corrected chi connectivity index (χ1v) is 8.46. The van der Waals surface area contributed by atoms with Gasteiger partial charge < -0.3 is 14.6 Å². The lowest BCUT2D eigenvalue weighted by molar-refractivity contribution is 0.0696. The fourth-order valence-corrected chi connectivity index (χ4v) is 3.34. The molecule has 0 radical (unpaired) electrons. The third-order valence-corrected chi connectivity index (χ3v) is 4.83. The van der Waals surface area contributed by atoms with Crippen molar-refractivity contribution in [1.82, 2.24) is 0 Å². The molecule has 0 unspecified atom stereocenters. The van der Waals surface area contributed by atoms with Crippen LogP contribution in [0, 0.1) is 12.7 Å². The molecular formula is C16H16FNO6S. The fraction of sp³-hybridized carbons (Fsp3) is 0.188. The lowest BCUT2D eigenvalue weighted by atomic mass is 10.1. The van der Waals surface area contributed by atoms with Crippen LogP contribution in [0.1, 0.15) is 15.9 Å². The van der Waals surface area contributed by atoms with E-state index in [9.17, 15) is 17.6 Å². The lowest BCUT2D eigenvalue weighted by Gasteiger charge is -2.13. The average molecular weight is 369 g/mol. The van der Waals surface area contributed by atoms with E-state index in [0.717, 1.165) is 12.1 Å². The maximum absolute atomic E-state index is 14.2. The second kappa shape index (κ2) is 6.98. The number of benzene rings is 2. The second-order valence-corrected chi connectivity index (χ2v) is 6.73. The van der Waals surface area contributed by atoms with Crippen molar-refractivity contribution in [3.05, 3.63) is 47.3 Å². The molecule has 0 atom stereocenters. The Hall–Kier alpha value is -2.81. The topological polar surface area (TPSA) is 102 Å². The summed E-state index contributed by atoms with van der Waals surface area (Å²) in [6, 6.07) is 5.81. The predicted octanol–water partition coefficient (Wildman–Crippen LogP) is 2.65. The molecule has 2 aromatic carbocycles. The molecule has 0 aromatic heterocycles. The number of carboxylic acids is 1. The van der Waals surface area contributed by atoms with E-state index in [2.05, 4.69) is 4.72 Å². The summed E-state index contributed by atoms with van der Waals surface area (Å²) in [5.41, 5.74) is 0.511. The second-order valence-electron chi connectivity index (χ2n) is 5.08. The van der Waals surface area contributed by atoms with Gasteiger partial charge in [-0.15, -0.1) is 0 Å². The van der Waals surface area contributed by atoms with E-state index in [1.807, 2.05) is 0 Å². The van der Waals surface area contributed by atoms with E-state index >= 15 is 0 Å². The zero-order chi connectivity index (χ0) is 18.8.